The molecule has 0 fully saturated rings. The largest absolute Gasteiger partial charge is 0.390 e. The van der Waals surface area contributed by atoms with Crippen molar-refractivity contribution in [1.82, 2.24) is 10.2 Å². The second-order valence-corrected chi connectivity index (χ2v) is 4.72. The molecule has 108 valence electrons. The van der Waals surface area contributed by atoms with Gasteiger partial charge in [-0.15, -0.1) is 0 Å². The van der Waals surface area contributed by atoms with Crippen molar-refractivity contribution in [3.8, 4) is 0 Å². The first-order valence-corrected chi connectivity index (χ1v) is 7.01. The molecule has 0 spiro atoms. The molecule has 1 rings (SSSR count). The Labute approximate surface area is 115 Å². The van der Waals surface area contributed by atoms with Gasteiger partial charge in [0.25, 0.3) is 0 Å². The molecule has 1 aromatic rings. The summed E-state index contributed by atoms with van der Waals surface area (Å²) < 4.78 is 13.0. The van der Waals surface area contributed by atoms with Gasteiger partial charge < -0.3 is 15.3 Å². The van der Waals surface area contributed by atoms with E-state index in [1.807, 2.05) is 6.07 Å². The number of aliphatic hydroxyl groups is 1. The van der Waals surface area contributed by atoms with Gasteiger partial charge in [0.05, 0.1) is 6.10 Å². The fourth-order valence-electron chi connectivity index (χ4n) is 2.04. The Morgan fingerprint density at radius 1 is 1.32 bits per heavy atom. The van der Waals surface area contributed by atoms with Crippen LogP contribution in [0.2, 0.25) is 0 Å². The number of nitrogens with zero attached hydrogens (tertiary/aromatic N) is 1. The maximum absolute atomic E-state index is 13.0. The van der Waals surface area contributed by atoms with Crippen LogP contribution in [0.5, 0.6) is 0 Å². The van der Waals surface area contributed by atoms with Crippen molar-refractivity contribution in [1.29, 1.82) is 0 Å². The maximum atomic E-state index is 13.0. The Hall–Kier alpha value is -0.970. The van der Waals surface area contributed by atoms with Gasteiger partial charge in [-0.2, -0.15) is 0 Å². The van der Waals surface area contributed by atoms with E-state index in [1.54, 1.807) is 12.1 Å². The van der Waals surface area contributed by atoms with Crippen LogP contribution < -0.4 is 5.32 Å². The van der Waals surface area contributed by atoms with Gasteiger partial charge in [0, 0.05) is 13.1 Å². The van der Waals surface area contributed by atoms with Crippen LogP contribution in [0.15, 0.2) is 24.3 Å². The van der Waals surface area contributed by atoms with Crippen LogP contribution >= 0.6 is 0 Å². The topological polar surface area (TPSA) is 35.5 Å². The van der Waals surface area contributed by atoms with Gasteiger partial charge in [0.2, 0.25) is 0 Å². The molecule has 0 saturated carbocycles. The van der Waals surface area contributed by atoms with Gasteiger partial charge in [0.15, 0.2) is 0 Å². The lowest BCUT2D eigenvalue weighted by molar-refractivity contribution is 0.117. The summed E-state index contributed by atoms with van der Waals surface area (Å²) in [6.45, 7) is 8.11. The lowest BCUT2D eigenvalue weighted by Crippen LogP contribution is -2.38. The van der Waals surface area contributed by atoms with Crippen molar-refractivity contribution in [3.63, 3.8) is 0 Å². The zero-order valence-corrected chi connectivity index (χ0v) is 11.9. The van der Waals surface area contributed by atoms with Crippen LogP contribution in [0.25, 0.3) is 0 Å². The van der Waals surface area contributed by atoms with E-state index < -0.39 is 0 Å². The number of benzene rings is 1. The third-order valence-electron chi connectivity index (χ3n) is 3.22. The molecular formula is C15H25FN2O. The molecule has 0 aromatic heterocycles. The first-order valence-electron chi connectivity index (χ1n) is 7.01. The Kier molecular flexibility index (Phi) is 7.63. The summed E-state index contributed by atoms with van der Waals surface area (Å²) in [6, 6.07) is 6.63. The van der Waals surface area contributed by atoms with E-state index in [0.29, 0.717) is 13.1 Å². The third-order valence-corrected chi connectivity index (χ3v) is 3.22. The van der Waals surface area contributed by atoms with E-state index in [0.717, 1.165) is 31.6 Å². The van der Waals surface area contributed by atoms with Crippen LogP contribution in [0.3, 0.4) is 0 Å². The molecule has 1 aromatic carbocycles. The minimum atomic E-state index is -0.354. The zero-order chi connectivity index (χ0) is 14.1. The molecule has 0 aliphatic carbocycles. The molecule has 0 heterocycles. The fraction of sp³-hybridized carbons (Fsp3) is 0.600. The highest BCUT2D eigenvalue weighted by molar-refractivity contribution is 5.16. The van der Waals surface area contributed by atoms with Crippen LogP contribution in [-0.4, -0.2) is 48.8 Å². The Balaban J connectivity index is 2.16. The zero-order valence-electron chi connectivity index (χ0n) is 11.9. The normalized spacial score (nSPS) is 12.9. The fourth-order valence-corrected chi connectivity index (χ4v) is 2.04. The summed E-state index contributed by atoms with van der Waals surface area (Å²) in [4.78, 5) is 2.19. The number of hydrogen-bond acceptors (Lipinski definition) is 3. The maximum Gasteiger partial charge on any atom is 0.123 e. The Morgan fingerprint density at radius 3 is 2.68 bits per heavy atom. The number of halogens is 1. The molecule has 0 aliphatic rings. The van der Waals surface area contributed by atoms with Crippen molar-refractivity contribution < 1.29 is 9.50 Å². The predicted octanol–water partition coefficient (Wildman–Crippen LogP) is 1.66. The third kappa shape index (κ3) is 6.66. The van der Waals surface area contributed by atoms with Crippen molar-refractivity contribution in [2.24, 2.45) is 0 Å². The van der Waals surface area contributed by atoms with Gasteiger partial charge in [-0.1, -0.05) is 26.0 Å². The molecular weight excluding hydrogens is 243 g/mol. The second kappa shape index (κ2) is 9.02. The highest BCUT2D eigenvalue weighted by Gasteiger charge is 2.08. The lowest BCUT2D eigenvalue weighted by atomic mass is 10.1. The molecule has 0 amide bonds. The van der Waals surface area contributed by atoms with Crippen molar-refractivity contribution >= 4 is 0 Å². The SMILES string of the molecule is CCN(CC)CC(O)CNCCc1cccc(F)c1. The van der Waals surface area contributed by atoms with E-state index in [9.17, 15) is 9.50 Å². The number of hydrogen-bond donors (Lipinski definition) is 2. The summed E-state index contributed by atoms with van der Waals surface area (Å²) in [5, 5.41) is 13.1. The van der Waals surface area contributed by atoms with Crippen molar-refractivity contribution in [2.75, 3.05) is 32.7 Å². The number of likely N-dealkylation sites (N-methyl/N-ethyl adjacent to an activating group) is 1. The number of nitrogens with one attached hydrogen (secondary N) is 1. The van der Waals surface area contributed by atoms with Crippen LogP contribution in [-0.2, 0) is 6.42 Å². The molecule has 1 atom stereocenters. The van der Waals surface area contributed by atoms with E-state index in [4.69, 9.17) is 0 Å². The predicted molar refractivity (Wildman–Crippen MR) is 76.8 cm³/mol. The van der Waals surface area contributed by atoms with E-state index in [1.165, 1.54) is 6.07 Å². The summed E-state index contributed by atoms with van der Waals surface area (Å²) in [7, 11) is 0. The molecule has 0 saturated heterocycles. The number of aliphatic hydroxyl groups excluding tert-OH is 1. The van der Waals surface area contributed by atoms with Crippen LogP contribution in [0, 0.1) is 5.82 Å². The van der Waals surface area contributed by atoms with Gasteiger partial charge in [0.1, 0.15) is 5.82 Å². The standard InChI is InChI=1S/C15H25FN2O/c1-3-18(4-2)12-15(19)11-17-9-8-13-6-5-7-14(16)10-13/h5-7,10,15,17,19H,3-4,8-9,11-12H2,1-2H3. The average molecular weight is 268 g/mol. The smallest absolute Gasteiger partial charge is 0.123 e. The van der Waals surface area contributed by atoms with Crippen LogP contribution in [0.4, 0.5) is 4.39 Å². The van der Waals surface area contributed by atoms with E-state index >= 15 is 0 Å². The molecule has 0 radical (unpaired) electrons. The van der Waals surface area contributed by atoms with E-state index in [2.05, 4.69) is 24.1 Å². The molecule has 0 aliphatic heterocycles. The molecule has 2 N–H and O–H groups in total. The highest BCUT2D eigenvalue weighted by atomic mass is 19.1. The van der Waals surface area contributed by atoms with Crippen LogP contribution in [0.1, 0.15) is 19.4 Å². The number of rotatable bonds is 9. The van der Waals surface area contributed by atoms with Gasteiger partial charge in [-0.3, -0.25) is 0 Å². The van der Waals surface area contributed by atoms with Gasteiger partial charge >= 0.3 is 0 Å². The monoisotopic (exact) mass is 268 g/mol. The summed E-state index contributed by atoms with van der Waals surface area (Å²) >= 11 is 0. The first-order chi connectivity index (χ1) is 9.15. The van der Waals surface area contributed by atoms with Gasteiger partial charge in [-0.25, -0.2) is 4.39 Å². The second-order valence-electron chi connectivity index (χ2n) is 4.72. The lowest BCUT2D eigenvalue weighted by Gasteiger charge is -2.22. The average Bonchev–Trinajstić information content (AvgIpc) is 2.41. The molecule has 1 unspecified atom stereocenters. The summed E-state index contributed by atoms with van der Waals surface area (Å²) in [5.41, 5.74) is 0.978. The quantitative estimate of drug-likeness (QED) is 0.669. The van der Waals surface area contributed by atoms with Crippen molar-refractivity contribution in [2.45, 2.75) is 26.4 Å². The summed E-state index contributed by atoms with van der Waals surface area (Å²) in [6.07, 6.45) is 0.419. The minimum absolute atomic E-state index is 0.195. The first kappa shape index (κ1) is 16.1. The van der Waals surface area contributed by atoms with E-state index in [-0.39, 0.29) is 11.9 Å². The highest BCUT2D eigenvalue weighted by Crippen LogP contribution is 2.03. The van der Waals surface area contributed by atoms with Gasteiger partial charge in [-0.05, 0) is 43.8 Å². The molecule has 3 nitrogen and oxygen atoms in total. The molecule has 19 heavy (non-hydrogen) atoms. The minimum Gasteiger partial charge on any atom is -0.390 e. The Morgan fingerprint density at radius 2 is 2.05 bits per heavy atom. The molecule has 0 bridgehead atoms. The van der Waals surface area contributed by atoms with Crippen molar-refractivity contribution in [3.05, 3.63) is 35.6 Å². The Bertz CT molecular complexity index is 356. The molecule has 4 heteroatoms. The summed E-state index contributed by atoms with van der Waals surface area (Å²) in [5.74, 6) is -0.195.